The molecule has 0 fully saturated rings. The largest absolute Gasteiger partial charge is 0.356 e. The van der Waals surface area contributed by atoms with Gasteiger partial charge in [-0.15, -0.1) is 0 Å². The van der Waals surface area contributed by atoms with E-state index in [-0.39, 0.29) is 11.8 Å². The summed E-state index contributed by atoms with van der Waals surface area (Å²) in [5.41, 5.74) is 2.79. The molecule has 25 heavy (non-hydrogen) atoms. The maximum atomic E-state index is 11.9. The summed E-state index contributed by atoms with van der Waals surface area (Å²) >= 11 is 0. The Kier molecular flexibility index (Phi) is 7.50. The Bertz CT molecular complexity index is 669. The molecule has 0 bridgehead atoms. The van der Waals surface area contributed by atoms with Crippen molar-refractivity contribution >= 4 is 28.9 Å². The van der Waals surface area contributed by atoms with Gasteiger partial charge in [0.1, 0.15) is 0 Å². The number of amides is 2. The lowest BCUT2D eigenvalue weighted by Gasteiger charge is -2.09. The van der Waals surface area contributed by atoms with Crippen LogP contribution in [-0.4, -0.2) is 18.4 Å². The van der Waals surface area contributed by atoms with E-state index in [1.54, 1.807) is 0 Å². The lowest BCUT2D eigenvalue weighted by molar-refractivity contribution is -0.119. The fraction of sp³-hybridized carbons (Fsp3) is 0.300. The summed E-state index contributed by atoms with van der Waals surface area (Å²) in [6, 6.07) is 17.6. The van der Waals surface area contributed by atoms with Crippen LogP contribution in [0.4, 0.5) is 17.1 Å². The highest BCUT2D eigenvalue weighted by atomic mass is 16.2. The second-order valence-corrected chi connectivity index (χ2v) is 5.91. The first kappa shape index (κ1) is 18.5. The zero-order valence-electron chi connectivity index (χ0n) is 14.5. The molecule has 2 rings (SSSR count). The molecule has 2 aromatic rings. The van der Waals surface area contributed by atoms with Gasteiger partial charge >= 0.3 is 0 Å². The molecule has 3 N–H and O–H groups in total. The summed E-state index contributed by atoms with van der Waals surface area (Å²) in [4.78, 5) is 22.7. The van der Waals surface area contributed by atoms with Crippen molar-refractivity contribution in [2.24, 2.45) is 0 Å². The van der Waals surface area contributed by atoms with Crippen LogP contribution < -0.4 is 16.0 Å². The van der Waals surface area contributed by atoms with E-state index < -0.39 is 0 Å². The lowest BCUT2D eigenvalue weighted by atomic mass is 10.2. The lowest BCUT2D eigenvalue weighted by Crippen LogP contribution is -2.20. The van der Waals surface area contributed by atoms with E-state index in [0.717, 1.165) is 36.3 Å². The molecule has 132 valence electrons. The molecule has 0 radical (unpaired) electrons. The zero-order chi connectivity index (χ0) is 17.9. The predicted octanol–water partition coefficient (Wildman–Crippen LogP) is 4.07. The van der Waals surface area contributed by atoms with Crippen molar-refractivity contribution in [3.05, 3.63) is 54.6 Å². The van der Waals surface area contributed by atoms with Gasteiger partial charge in [-0.25, -0.2) is 0 Å². The van der Waals surface area contributed by atoms with Crippen molar-refractivity contribution in [2.45, 2.75) is 32.6 Å². The Labute approximate surface area is 148 Å². The maximum absolute atomic E-state index is 11.9. The van der Waals surface area contributed by atoms with Gasteiger partial charge in [0.05, 0.1) is 0 Å². The van der Waals surface area contributed by atoms with E-state index in [4.69, 9.17) is 0 Å². The summed E-state index contributed by atoms with van der Waals surface area (Å²) < 4.78 is 0. The molecule has 0 saturated carbocycles. The number of hydrogen-bond acceptors (Lipinski definition) is 3. The number of carbonyl (C=O) groups excluding carboxylic acids is 2. The normalized spacial score (nSPS) is 10.1. The summed E-state index contributed by atoms with van der Waals surface area (Å²) in [6.07, 6.45) is 3.13. The summed E-state index contributed by atoms with van der Waals surface area (Å²) in [5, 5.41) is 8.96. The average molecular weight is 339 g/mol. The number of hydrogen-bond donors (Lipinski definition) is 3. The Balaban J connectivity index is 1.68. The molecule has 0 saturated heterocycles. The third kappa shape index (κ3) is 7.52. The second-order valence-electron chi connectivity index (χ2n) is 5.91. The predicted molar refractivity (Wildman–Crippen MR) is 102 cm³/mol. The molecular weight excluding hydrogens is 314 g/mol. The number of rotatable bonds is 9. The molecule has 0 aromatic heterocycles. The minimum atomic E-state index is -0.0112. The molecule has 5 heteroatoms. The first-order valence-electron chi connectivity index (χ1n) is 8.60. The molecule has 0 atom stereocenters. The van der Waals surface area contributed by atoms with Crippen LogP contribution in [0.1, 0.15) is 32.6 Å². The average Bonchev–Trinajstić information content (AvgIpc) is 2.60. The van der Waals surface area contributed by atoms with Crippen LogP contribution in [0.5, 0.6) is 0 Å². The number of para-hydroxylation sites is 1. The number of carbonyl (C=O) groups is 2. The molecule has 0 aliphatic rings. The van der Waals surface area contributed by atoms with Crippen molar-refractivity contribution in [3.8, 4) is 0 Å². The third-order valence-electron chi connectivity index (χ3n) is 3.69. The molecule has 0 spiro atoms. The minimum Gasteiger partial charge on any atom is -0.356 e. The van der Waals surface area contributed by atoms with Crippen molar-refractivity contribution in [3.63, 3.8) is 0 Å². The molecule has 0 aliphatic carbocycles. The van der Waals surface area contributed by atoms with Gasteiger partial charge in [-0.05, 0) is 49.2 Å². The van der Waals surface area contributed by atoms with Gasteiger partial charge in [0.15, 0.2) is 0 Å². The topological polar surface area (TPSA) is 70.2 Å². The van der Waals surface area contributed by atoms with E-state index in [9.17, 15) is 9.59 Å². The minimum absolute atomic E-state index is 0.0112. The Hall–Kier alpha value is -2.82. The Morgan fingerprint density at radius 1 is 0.800 bits per heavy atom. The van der Waals surface area contributed by atoms with Gasteiger partial charge in [0, 0.05) is 37.0 Å². The van der Waals surface area contributed by atoms with Gasteiger partial charge in [0.2, 0.25) is 11.8 Å². The molecule has 0 heterocycles. The smallest absolute Gasteiger partial charge is 0.224 e. The quantitative estimate of drug-likeness (QED) is 0.603. The second kappa shape index (κ2) is 10.1. The number of anilines is 3. The summed E-state index contributed by atoms with van der Waals surface area (Å²) in [6.45, 7) is 2.18. The van der Waals surface area contributed by atoms with Crippen molar-refractivity contribution in [2.75, 3.05) is 17.2 Å². The van der Waals surface area contributed by atoms with Crippen LogP contribution >= 0.6 is 0 Å². The summed E-state index contributed by atoms with van der Waals surface area (Å²) in [5.74, 6) is 0.00578. The zero-order valence-corrected chi connectivity index (χ0v) is 14.5. The number of nitrogens with one attached hydrogen (secondary N) is 3. The molecule has 5 nitrogen and oxygen atoms in total. The SMILES string of the molecule is CC(=O)NCCCCCC(=O)Nc1ccc(Nc2ccccc2)cc1. The van der Waals surface area contributed by atoms with E-state index in [2.05, 4.69) is 16.0 Å². The van der Waals surface area contributed by atoms with E-state index in [1.165, 1.54) is 6.92 Å². The monoisotopic (exact) mass is 339 g/mol. The third-order valence-corrected chi connectivity index (χ3v) is 3.69. The van der Waals surface area contributed by atoms with E-state index in [1.807, 2.05) is 54.6 Å². The highest BCUT2D eigenvalue weighted by molar-refractivity contribution is 5.90. The summed E-state index contributed by atoms with van der Waals surface area (Å²) in [7, 11) is 0. The van der Waals surface area contributed by atoms with Gasteiger partial charge in [-0.3, -0.25) is 9.59 Å². The highest BCUT2D eigenvalue weighted by Crippen LogP contribution is 2.18. The first-order valence-corrected chi connectivity index (χ1v) is 8.60. The number of unbranched alkanes of at least 4 members (excludes halogenated alkanes) is 2. The van der Waals surface area contributed by atoms with Crippen LogP contribution in [0.25, 0.3) is 0 Å². The fourth-order valence-electron chi connectivity index (χ4n) is 2.40. The van der Waals surface area contributed by atoms with Gasteiger partial charge < -0.3 is 16.0 Å². The van der Waals surface area contributed by atoms with Gasteiger partial charge in [0.25, 0.3) is 0 Å². The maximum Gasteiger partial charge on any atom is 0.224 e. The van der Waals surface area contributed by atoms with Gasteiger partial charge in [-0.1, -0.05) is 24.6 Å². The van der Waals surface area contributed by atoms with Crippen molar-refractivity contribution in [1.82, 2.24) is 5.32 Å². The fourth-order valence-corrected chi connectivity index (χ4v) is 2.40. The molecule has 2 aromatic carbocycles. The molecule has 2 amide bonds. The van der Waals surface area contributed by atoms with E-state index >= 15 is 0 Å². The standard InChI is InChI=1S/C20H25N3O2/c1-16(24)21-15-7-3-6-10-20(25)23-19-13-11-18(12-14-19)22-17-8-4-2-5-9-17/h2,4-5,8-9,11-14,22H,3,6-7,10,15H2,1H3,(H,21,24)(H,23,25). The molecule has 0 aliphatic heterocycles. The Morgan fingerprint density at radius 3 is 2.12 bits per heavy atom. The first-order chi connectivity index (χ1) is 12.1. The van der Waals surface area contributed by atoms with Crippen LogP contribution in [0.2, 0.25) is 0 Å². The van der Waals surface area contributed by atoms with Crippen molar-refractivity contribution < 1.29 is 9.59 Å². The molecular formula is C20H25N3O2. The number of benzene rings is 2. The van der Waals surface area contributed by atoms with Crippen LogP contribution in [-0.2, 0) is 9.59 Å². The Morgan fingerprint density at radius 2 is 1.44 bits per heavy atom. The van der Waals surface area contributed by atoms with Crippen LogP contribution in [0.15, 0.2) is 54.6 Å². The van der Waals surface area contributed by atoms with E-state index in [0.29, 0.717) is 13.0 Å². The van der Waals surface area contributed by atoms with Crippen LogP contribution in [0.3, 0.4) is 0 Å². The highest BCUT2D eigenvalue weighted by Gasteiger charge is 2.03. The molecule has 0 unspecified atom stereocenters. The van der Waals surface area contributed by atoms with Crippen molar-refractivity contribution in [1.29, 1.82) is 0 Å². The van der Waals surface area contributed by atoms with Crippen LogP contribution in [0, 0.1) is 0 Å². The van der Waals surface area contributed by atoms with Gasteiger partial charge in [-0.2, -0.15) is 0 Å².